The van der Waals surface area contributed by atoms with Gasteiger partial charge in [0.05, 0.1) is 15.6 Å². The summed E-state index contributed by atoms with van der Waals surface area (Å²) >= 11 is 6.62. The number of nitro benzene ring substituents is 1. The number of nitrogens with one attached hydrogen (secondary N) is 1. The highest BCUT2D eigenvalue weighted by Gasteiger charge is 2.12. The van der Waals surface area contributed by atoms with Crippen molar-refractivity contribution in [2.75, 3.05) is 6.61 Å². The smallest absolute Gasteiger partial charge is 0.311 e. The van der Waals surface area contributed by atoms with Crippen LogP contribution in [-0.4, -0.2) is 28.8 Å². The molecule has 0 radical (unpaired) electrons. The molecule has 8 nitrogen and oxygen atoms in total. The first-order chi connectivity index (χ1) is 11.9. The molecule has 2 aromatic rings. The number of ether oxygens (including phenoxy) is 1. The Labute approximate surface area is 158 Å². The number of nitro groups is 1. The van der Waals surface area contributed by atoms with Crippen molar-refractivity contribution in [3.8, 4) is 11.5 Å². The first-order valence-corrected chi connectivity index (χ1v) is 8.32. The predicted molar refractivity (Wildman–Crippen MR) is 97.8 cm³/mol. The van der Waals surface area contributed by atoms with Crippen LogP contribution in [0, 0.1) is 10.1 Å². The van der Waals surface area contributed by atoms with Gasteiger partial charge in [-0.05, 0) is 46.3 Å². The van der Waals surface area contributed by atoms with Gasteiger partial charge in [-0.3, -0.25) is 14.9 Å². The Morgan fingerprint density at radius 3 is 2.76 bits per heavy atom. The van der Waals surface area contributed by atoms with E-state index in [0.29, 0.717) is 15.8 Å². The molecule has 0 saturated carbocycles. The van der Waals surface area contributed by atoms with Crippen LogP contribution in [0.5, 0.6) is 11.5 Å². The molecule has 0 saturated heterocycles. The van der Waals surface area contributed by atoms with Gasteiger partial charge < -0.3 is 9.84 Å². The molecule has 0 unspecified atom stereocenters. The summed E-state index contributed by atoms with van der Waals surface area (Å²) in [7, 11) is 0. The van der Waals surface area contributed by atoms with Gasteiger partial charge in [0.2, 0.25) is 0 Å². The largest absolute Gasteiger partial charge is 0.502 e. The highest BCUT2D eigenvalue weighted by Crippen LogP contribution is 2.28. The van der Waals surface area contributed by atoms with Gasteiger partial charge in [0, 0.05) is 16.1 Å². The molecular formula is C15H11Br2N3O5. The minimum atomic E-state index is -0.713. The van der Waals surface area contributed by atoms with Crippen LogP contribution in [0.25, 0.3) is 0 Å². The summed E-state index contributed by atoms with van der Waals surface area (Å²) in [6.45, 7) is -0.257. The van der Waals surface area contributed by atoms with Crippen molar-refractivity contribution in [2.45, 2.75) is 0 Å². The Morgan fingerprint density at radius 1 is 1.32 bits per heavy atom. The number of nitrogens with zero attached hydrogens (tertiary/aromatic N) is 2. The zero-order valence-corrected chi connectivity index (χ0v) is 15.7. The van der Waals surface area contributed by atoms with Gasteiger partial charge in [0.15, 0.2) is 12.4 Å². The van der Waals surface area contributed by atoms with Gasteiger partial charge >= 0.3 is 5.69 Å². The second-order valence-electron chi connectivity index (χ2n) is 4.66. The Morgan fingerprint density at radius 2 is 2.08 bits per heavy atom. The van der Waals surface area contributed by atoms with Crippen LogP contribution >= 0.6 is 31.9 Å². The molecule has 0 aliphatic rings. The summed E-state index contributed by atoms with van der Waals surface area (Å²) in [4.78, 5) is 21.7. The lowest BCUT2D eigenvalue weighted by atomic mass is 10.2. The molecule has 130 valence electrons. The van der Waals surface area contributed by atoms with E-state index in [-0.39, 0.29) is 6.61 Å². The van der Waals surface area contributed by atoms with Crippen molar-refractivity contribution >= 4 is 49.7 Å². The first kappa shape index (κ1) is 18.9. The van der Waals surface area contributed by atoms with Crippen molar-refractivity contribution in [3.05, 3.63) is 61.0 Å². The van der Waals surface area contributed by atoms with Crippen LogP contribution in [0.2, 0.25) is 0 Å². The second-order valence-corrected chi connectivity index (χ2v) is 6.43. The number of carbonyl (C=O) groups excluding carboxylic acids is 1. The number of aromatic hydroxyl groups is 1. The minimum absolute atomic E-state index is 0.257. The molecule has 0 heterocycles. The number of phenols is 1. The molecule has 2 N–H and O–H groups in total. The highest BCUT2D eigenvalue weighted by atomic mass is 79.9. The molecule has 0 fully saturated rings. The fourth-order valence-corrected chi connectivity index (χ4v) is 2.88. The number of hydrazone groups is 1. The van der Waals surface area contributed by atoms with Crippen LogP contribution in [0.1, 0.15) is 5.56 Å². The number of amides is 1. The summed E-state index contributed by atoms with van der Waals surface area (Å²) < 4.78 is 6.90. The van der Waals surface area contributed by atoms with Crippen molar-refractivity contribution in [3.63, 3.8) is 0 Å². The highest BCUT2D eigenvalue weighted by molar-refractivity contribution is 9.11. The number of carbonyl (C=O) groups is 1. The fourth-order valence-electron chi connectivity index (χ4n) is 1.71. The minimum Gasteiger partial charge on any atom is -0.502 e. The molecule has 0 bridgehead atoms. The quantitative estimate of drug-likeness (QED) is 0.380. The van der Waals surface area contributed by atoms with Crippen LogP contribution in [0.15, 0.2) is 50.4 Å². The van der Waals surface area contributed by atoms with E-state index < -0.39 is 22.3 Å². The third-order valence-corrected chi connectivity index (χ3v) is 3.96. The van der Waals surface area contributed by atoms with Crippen molar-refractivity contribution in [1.29, 1.82) is 0 Å². The Kier molecular flexibility index (Phi) is 6.48. The fraction of sp³-hybridized carbons (Fsp3) is 0.0667. The van der Waals surface area contributed by atoms with Gasteiger partial charge in [-0.2, -0.15) is 5.10 Å². The third-order valence-electron chi connectivity index (χ3n) is 2.85. The topological polar surface area (TPSA) is 114 Å². The molecule has 0 aliphatic carbocycles. The van der Waals surface area contributed by atoms with E-state index in [1.165, 1.54) is 18.3 Å². The zero-order valence-electron chi connectivity index (χ0n) is 12.5. The van der Waals surface area contributed by atoms with E-state index in [0.717, 1.165) is 10.5 Å². The van der Waals surface area contributed by atoms with Crippen LogP contribution in [0.3, 0.4) is 0 Å². The Hall–Kier alpha value is -2.46. The molecular weight excluding hydrogens is 462 g/mol. The zero-order chi connectivity index (χ0) is 18.4. The average Bonchev–Trinajstić information content (AvgIpc) is 2.55. The standard InChI is InChI=1S/C15H11Br2N3O5/c16-10-2-4-14(11(17)6-10)25-8-15(22)19-18-7-9-1-3-13(21)12(5-9)20(23)24/h1-7,21H,8H2,(H,19,22)/b18-7+. The number of halogens is 2. The van der Waals surface area contributed by atoms with Gasteiger partial charge in [-0.25, -0.2) is 5.43 Å². The Balaban J connectivity index is 1.90. The van der Waals surface area contributed by atoms with E-state index in [2.05, 4.69) is 42.4 Å². The lowest BCUT2D eigenvalue weighted by Gasteiger charge is -2.07. The van der Waals surface area contributed by atoms with Crippen LogP contribution in [0.4, 0.5) is 5.69 Å². The van der Waals surface area contributed by atoms with E-state index >= 15 is 0 Å². The third kappa shape index (κ3) is 5.54. The second kappa shape index (κ2) is 8.58. The predicted octanol–water partition coefficient (Wildman–Crippen LogP) is 3.35. The Bertz CT molecular complexity index is 842. The molecule has 10 heteroatoms. The maximum Gasteiger partial charge on any atom is 0.311 e. The SMILES string of the molecule is O=C(COc1ccc(Br)cc1Br)N/N=C/c1ccc(O)c([N+](=O)[O-])c1. The van der Waals surface area contributed by atoms with Gasteiger partial charge in [0.25, 0.3) is 5.91 Å². The van der Waals surface area contributed by atoms with E-state index in [4.69, 9.17) is 4.74 Å². The van der Waals surface area contributed by atoms with Gasteiger partial charge in [0.1, 0.15) is 5.75 Å². The molecule has 25 heavy (non-hydrogen) atoms. The molecule has 0 atom stereocenters. The number of rotatable bonds is 6. The number of benzene rings is 2. The molecule has 0 aromatic heterocycles. The summed E-state index contributed by atoms with van der Waals surface area (Å²) in [5, 5.41) is 23.8. The molecule has 0 aliphatic heterocycles. The number of phenolic OH excluding ortho intramolecular Hbond substituents is 1. The van der Waals surface area contributed by atoms with E-state index in [1.807, 2.05) is 0 Å². The van der Waals surface area contributed by atoms with Crippen molar-refractivity contribution in [1.82, 2.24) is 5.43 Å². The van der Waals surface area contributed by atoms with Gasteiger partial charge in [-0.1, -0.05) is 15.9 Å². The molecule has 2 aromatic carbocycles. The van der Waals surface area contributed by atoms with Crippen LogP contribution < -0.4 is 10.2 Å². The molecule has 1 amide bonds. The maximum absolute atomic E-state index is 11.7. The van der Waals surface area contributed by atoms with Crippen LogP contribution in [-0.2, 0) is 4.79 Å². The maximum atomic E-state index is 11.7. The van der Waals surface area contributed by atoms with E-state index in [9.17, 15) is 20.0 Å². The van der Waals surface area contributed by atoms with E-state index in [1.54, 1.807) is 18.2 Å². The summed E-state index contributed by atoms with van der Waals surface area (Å²) in [5.74, 6) is -0.449. The van der Waals surface area contributed by atoms with Crippen molar-refractivity contribution in [2.24, 2.45) is 5.10 Å². The first-order valence-electron chi connectivity index (χ1n) is 6.74. The normalized spacial score (nSPS) is 10.6. The monoisotopic (exact) mass is 471 g/mol. The summed E-state index contributed by atoms with van der Waals surface area (Å²) in [5.41, 5.74) is 2.15. The molecule has 0 spiro atoms. The summed E-state index contributed by atoms with van der Waals surface area (Å²) in [6, 6.07) is 8.99. The number of hydrogen-bond donors (Lipinski definition) is 2. The lowest BCUT2D eigenvalue weighted by Crippen LogP contribution is -2.24. The molecule has 2 rings (SSSR count). The van der Waals surface area contributed by atoms with Crippen molar-refractivity contribution < 1.29 is 19.6 Å². The van der Waals surface area contributed by atoms with Gasteiger partial charge in [-0.15, -0.1) is 0 Å². The summed E-state index contributed by atoms with van der Waals surface area (Å²) in [6.07, 6.45) is 1.22. The lowest BCUT2D eigenvalue weighted by molar-refractivity contribution is -0.385. The average molecular weight is 473 g/mol. The number of hydrogen-bond acceptors (Lipinski definition) is 6.